The van der Waals surface area contributed by atoms with Gasteiger partial charge in [-0.15, -0.1) is 0 Å². The quantitative estimate of drug-likeness (QED) is 0.644. The summed E-state index contributed by atoms with van der Waals surface area (Å²) >= 11 is 0. The first-order chi connectivity index (χ1) is 14.0. The molecule has 0 amide bonds. The van der Waals surface area contributed by atoms with E-state index in [0.717, 1.165) is 0 Å². The Morgan fingerprint density at radius 3 is 2.90 bits per heavy atom. The Balaban J connectivity index is 1.74. The van der Waals surface area contributed by atoms with Crippen molar-refractivity contribution in [3.8, 4) is 5.88 Å². The van der Waals surface area contributed by atoms with Crippen molar-refractivity contribution in [2.75, 3.05) is 18.9 Å². The molecule has 2 aliphatic heterocycles. The third-order valence-corrected chi connectivity index (χ3v) is 6.26. The van der Waals surface area contributed by atoms with Gasteiger partial charge in [0.1, 0.15) is 12.2 Å². The highest BCUT2D eigenvalue weighted by atomic mass is 31.2. The lowest BCUT2D eigenvalue weighted by Crippen LogP contribution is -2.52. The number of hydrogen-bond donors (Lipinski definition) is 2. The zero-order chi connectivity index (χ0) is 21.9. The fraction of sp³-hybridized carbons (Fsp3) is 0.688. The van der Waals surface area contributed by atoms with E-state index in [1.54, 1.807) is 20.8 Å². The summed E-state index contributed by atoms with van der Waals surface area (Å²) in [6.45, 7) is 5.83. The molecule has 12 nitrogen and oxygen atoms in total. The highest BCUT2D eigenvalue weighted by molar-refractivity contribution is 7.48. The molecule has 0 bridgehead atoms. The number of nitrogen functional groups attached to an aromatic ring is 1. The van der Waals surface area contributed by atoms with E-state index in [0.29, 0.717) is 6.61 Å². The second-order valence-electron chi connectivity index (χ2n) is 7.49. The highest BCUT2D eigenvalue weighted by Crippen LogP contribution is 2.62. The Morgan fingerprint density at radius 2 is 2.23 bits per heavy atom. The number of alkyl halides is 1. The third-order valence-electron chi connectivity index (χ3n) is 4.66. The number of fused-ring (bicyclic) bond motifs is 2. The van der Waals surface area contributed by atoms with E-state index >= 15 is 4.39 Å². The number of nitrogens with zero attached hydrogens (tertiary/aromatic N) is 4. The minimum atomic E-state index is -4.11. The standard InChI is InChI=1S/C16H23FN5O7P/c1-5-25-11-9-10(20-14(18)21-11)22(7-19-9)13-15(4,23)12-16(17,27-13)6-26-30(24,29-12)28-8(2)3/h7-8,12-13,23H,5-6H2,1-4H3,(H2,18,20,21)/t12-,13?,15+,16+,30-/m0/s1. The molecule has 5 atom stereocenters. The highest BCUT2D eigenvalue weighted by Gasteiger charge is 2.69. The lowest BCUT2D eigenvalue weighted by molar-refractivity contribution is -0.220. The van der Waals surface area contributed by atoms with Gasteiger partial charge in [0.05, 0.1) is 19.0 Å². The molecule has 0 radical (unpaired) electrons. The molecule has 2 aliphatic rings. The number of aliphatic hydroxyl groups is 1. The molecule has 1 unspecified atom stereocenters. The molecule has 2 aromatic rings. The monoisotopic (exact) mass is 447 g/mol. The molecule has 30 heavy (non-hydrogen) atoms. The molecule has 0 aliphatic carbocycles. The smallest absolute Gasteiger partial charge is 0.475 e. The Morgan fingerprint density at radius 1 is 1.50 bits per heavy atom. The van der Waals surface area contributed by atoms with Crippen molar-refractivity contribution in [1.29, 1.82) is 0 Å². The van der Waals surface area contributed by atoms with Gasteiger partial charge in [0.2, 0.25) is 11.8 Å². The van der Waals surface area contributed by atoms with Crippen LogP contribution in [0.15, 0.2) is 6.33 Å². The van der Waals surface area contributed by atoms with Gasteiger partial charge in [-0.25, -0.2) is 13.9 Å². The number of ether oxygens (including phenoxy) is 2. The molecule has 2 aromatic heterocycles. The van der Waals surface area contributed by atoms with Crippen molar-refractivity contribution in [2.45, 2.75) is 57.6 Å². The summed E-state index contributed by atoms with van der Waals surface area (Å²) in [6, 6.07) is 0. The molecule has 3 N–H and O–H groups in total. The van der Waals surface area contributed by atoms with Crippen LogP contribution in [-0.4, -0.2) is 61.5 Å². The minimum Gasteiger partial charge on any atom is -0.476 e. The minimum absolute atomic E-state index is 0.105. The molecule has 0 aromatic carbocycles. The fourth-order valence-electron chi connectivity index (χ4n) is 3.52. The van der Waals surface area contributed by atoms with Gasteiger partial charge in [0.25, 0.3) is 5.85 Å². The summed E-state index contributed by atoms with van der Waals surface area (Å²) in [7, 11) is -4.11. The largest absolute Gasteiger partial charge is 0.476 e. The van der Waals surface area contributed by atoms with Crippen molar-refractivity contribution < 1.29 is 37.1 Å². The van der Waals surface area contributed by atoms with E-state index in [-0.39, 0.29) is 23.0 Å². The molecule has 4 rings (SSSR count). The Kier molecular flexibility index (Phi) is 5.03. The number of nitrogens with two attached hydrogens (primary N) is 1. The van der Waals surface area contributed by atoms with Crippen LogP contribution in [0.2, 0.25) is 0 Å². The Bertz CT molecular complexity index is 1020. The Hall–Kier alpha value is -1.89. The van der Waals surface area contributed by atoms with Crippen LogP contribution in [0.4, 0.5) is 10.3 Å². The number of halogens is 1. The first kappa shape index (κ1) is 21.3. The summed E-state index contributed by atoms with van der Waals surface area (Å²) in [5, 5.41) is 11.2. The molecular formula is C16H23FN5O7P. The van der Waals surface area contributed by atoms with Gasteiger partial charge in [0.15, 0.2) is 23.5 Å². The molecule has 14 heteroatoms. The van der Waals surface area contributed by atoms with E-state index in [1.807, 2.05) is 0 Å². The van der Waals surface area contributed by atoms with Crippen LogP contribution in [-0.2, 0) is 22.9 Å². The first-order valence-electron chi connectivity index (χ1n) is 9.32. The van der Waals surface area contributed by atoms with Gasteiger partial charge >= 0.3 is 7.82 Å². The predicted octanol–water partition coefficient (Wildman–Crippen LogP) is 1.70. The Labute approximate surface area is 171 Å². The van der Waals surface area contributed by atoms with Crippen LogP contribution in [0.25, 0.3) is 11.2 Å². The molecule has 0 saturated carbocycles. The molecule has 0 spiro atoms. The van der Waals surface area contributed by atoms with Gasteiger partial charge in [-0.05, 0) is 27.7 Å². The van der Waals surface area contributed by atoms with Gasteiger partial charge in [-0.3, -0.25) is 18.1 Å². The van der Waals surface area contributed by atoms with Crippen LogP contribution in [0, 0.1) is 0 Å². The van der Waals surface area contributed by atoms with Crippen molar-refractivity contribution in [1.82, 2.24) is 19.5 Å². The maximum absolute atomic E-state index is 15.5. The molecule has 2 saturated heterocycles. The van der Waals surface area contributed by atoms with Crippen molar-refractivity contribution in [3.05, 3.63) is 6.33 Å². The summed E-state index contributed by atoms with van der Waals surface area (Å²) in [5.41, 5.74) is 4.15. The molecular weight excluding hydrogens is 424 g/mol. The maximum Gasteiger partial charge on any atom is 0.475 e. The third kappa shape index (κ3) is 3.35. The van der Waals surface area contributed by atoms with E-state index < -0.39 is 44.3 Å². The molecule has 4 heterocycles. The van der Waals surface area contributed by atoms with E-state index in [4.69, 9.17) is 28.8 Å². The maximum atomic E-state index is 15.5. The van der Waals surface area contributed by atoms with Crippen LogP contribution in [0.3, 0.4) is 0 Å². The van der Waals surface area contributed by atoms with Gasteiger partial charge in [-0.1, -0.05) is 0 Å². The topological polar surface area (TPSA) is 153 Å². The summed E-state index contributed by atoms with van der Waals surface area (Å²) < 4.78 is 55.9. The summed E-state index contributed by atoms with van der Waals surface area (Å²) in [5.74, 6) is -2.56. The summed E-state index contributed by atoms with van der Waals surface area (Å²) in [6.07, 6.45) is -2.27. The van der Waals surface area contributed by atoms with Crippen molar-refractivity contribution >= 4 is 24.9 Å². The summed E-state index contributed by atoms with van der Waals surface area (Å²) in [4.78, 5) is 12.3. The zero-order valence-corrected chi connectivity index (χ0v) is 17.7. The van der Waals surface area contributed by atoms with Crippen molar-refractivity contribution in [2.24, 2.45) is 0 Å². The van der Waals surface area contributed by atoms with Crippen LogP contribution in [0.5, 0.6) is 5.88 Å². The van der Waals surface area contributed by atoms with Crippen LogP contribution >= 0.6 is 7.82 Å². The molecule has 166 valence electrons. The van der Waals surface area contributed by atoms with Crippen LogP contribution < -0.4 is 10.5 Å². The lowest BCUT2D eigenvalue weighted by atomic mass is 9.95. The van der Waals surface area contributed by atoms with Crippen molar-refractivity contribution in [3.63, 3.8) is 0 Å². The van der Waals surface area contributed by atoms with Gasteiger partial charge < -0.3 is 20.3 Å². The number of anilines is 1. The SMILES string of the molecule is CCOc1nc(N)nc2c1ncn2C1O[C@]2(F)CO[P@@](=O)(OC(C)C)O[C@H]2[C@@]1(C)O. The number of rotatable bonds is 5. The number of imidazole rings is 1. The van der Waals surface area contributed by atoms with E-state index in [1.165, 1.54) is 17.8 Å². The van der Waals surface area contributed by atoms with E-state index in [9.17, 15) is 9.67 Å². The van der Waals surface area contributed by atoms with Gasteiger partial charge in [-0.2, -0.15) is 9.97 Å². The average Bonchev–Trinajstić information content (AvgIpc) is 3.13. The number of phosphoric acid groups is 1. The first-order valence-corrected chi connectivity index (χ1v) is 10.8. The lowest BCUT2D eigenvalue weighted by Gasteiger charge is -2.37. The van der Waals surface area contributed by atoms with Crippen LogP contribution in [0.1, 0.15) is 33.9 Å². The number of phosphoric ester groups is 1. The normalized spacial score (nSPS) is 36.4. The molecule has 2 fully saturated rings. The van der Waals surface area contributed by atoms with Gasteiger partial charge in [0, 0.05) is 0 Å². The predicted molar refractivity (Wildman–Crippen MR) is 100 cm³/mol. The second-order valence-corrected chi connectivity index (χ2v) is 9.06. The zero-order valence-electron chi connectivity index (χ0n) is 16.8. The second kappa shape index (κ2) is 7.08. The average molecular weight is 447 g/mol. The van der Waals surface area contributed by atoms with E-state index in [2.05, 4.69) is 15.0 Å². The number of aromatic nitrogens is 4. The fourth-order valence-corrected chi connectivity index (χ4v) is 5.17. The number of hydrogen-bond acceptors (Lipinski definition) is 11.